The standard InChI is InChI=1S/C24H30N4O3/c1-17-5-10-22(30-4)20(15-17)16-27-11-13-28(14-12-27)18(2)23-25-26-24(31-23)19-6-8-21(29-3)9-7-19/h5-10,15,18H,11-14,16H2,1-4H3/p+2/t18-/m0/s1. The molecule has 164 valence electrons. The zero-order valence-corrected chi connectivity index (χ0v) is 18.8. The highest BCUT2D eigenvalue weighted by Gasteiger charge is 2.31. The molecule has 7 heteroatoms. The first-order valence-electron chi connectivity index (χ1n) is 10.9. The maximum atomic E-state index is 6.02. The molecule has 1 aromatic heterocycles. The van der Waals surface area contributed by atoms with E-state index in [1.807, 2.05) is 24.3 Å². The Morgan fingerprint density at radius 2 is 1.71 bits per heavy atom. The molecular formula is C24H32N4O3+2. The van der Waals surface area contributed by atoms with Gasteiger partial charge in [0.15, 0.2) is 6.04 Å². The maximum absolute atomic E-state index is 6.02. The van der Waals surface area contributed by atoms with Gasteiger partial charge in [-0.1, -0.05) is 11.6 Å². The fourth-order valence-corrected chi connectivity index (χ4v) is 4.28. The number of hydrogen-bond donors (Lipinski definition) is 2. The normalized spacial score (nSPS) is 19.7. The summed E-state index contributed by atoms with van der Waals surface area (Å²) >= 11 is 0. The molecule has 1 saturated heterocycles. The topological polar surface area (TPSA) is 66.3 Å². The average Bonchev–Trinajstić information content (AvgIpc) is 3.30. The van der Waals surface area contributed by atoms with E-state index in [0.29, 0.717) is 11.8 Å². The lowest BCUT2D eigenvalue weighted by atomic mass is 10.1. The van der Waals surface area contributed by atoms with Crippen molar-refractivity contribution < 1.29 is 23.7 Å². The Balaban J connectivity index is 1.36. The molecule has 0 bridgehead atoms. The number of piperazine rings is 1. The van der Waals surface area contributed by atoms with Gasteiger partial charge in [0.1, 0.15) is 44.2 Å². The van der Waals surface area contributed by atoms with Crippen LogP contribution in [0.15, 0.2) is 46.9 Å². The molecule has 1 fully saturated rings. The molecule has 3 aromatic rings. The molecule has 1 aliphatic heterocycles. The fourth-order valence-electron chi connectivity index (χ4n) is 4.28. The lowest BCUT2D eigenvalue weighted by Gasteiger charge is -2.32. The second-order valence-electron chi connectivity index (χ2n) is 8.30. The summed E-state index contributed by atoms with van der Waals surface area (Å²) in [6.07, 6.45) is 0. The predicted molar refractivity (Wildman–Crippen MR) is 118 cm³/mol. The molecule has 1 aliphatic rings. The van der Waals surface area contributed by atoms with E-state index >= 15 is 0 Å². The summed E-state index contributed by atoms with van der Waals surface area (Å²) in [4.78, 5) is 3.08. The summed E-state index contributed by atoms with van der Waals surface area (Å²) in [6.45, 7) is 9.67. The van der Waals surface area contributed by atoms with Crippen LogP contribution in [0.3, 0.4) is 0 Å². The molecule has 7 nitrogen and oxygen atoms in total. The maximum Gasteiger partial charge on any atom is 0.274 e. The monoisotopic (exact) mass is 424 g/mol. The third-order valence-corrected chi connectivity index (χ3v) is 6.24. The highest BCUT2D eigenvalue weighted by molar-refractivity contribution is 5.53. The Morgan fingerprint density at radius 1 is 0.968 bits per heavy atom. The number of quaternary nitrogens is 2. The smallest absolute Gasteiger partial charge is 0.274 e. The number of aromatic nitrogens is 2. The van der Waals surface area contributed by atoms with Crippen LogP contribution in [0, 0.1) is 6.92 Å². The van der Waals surface area contributed by atoms with E-state index in [1.54, 1.807) is 19.1 Å². The van der Waals surface area contributed by atoms with Crippen LogP contribution in [0.5, 0.6) is 11.5 Å². The van der Waals surface area contributed by atoms with Crippen molar-refractivity contribution in [3.05, 3.63) is 59.5 Å². The van der Waals surface area contributed by atoms with Crippen LogP contribution in [-0.2, 0) is 6.54 Å². The van der Waals surface area contributed by atoms with Crippen molar-refractivity contribution in [2.24, 2.45) is 0 Å². The summed E-state index contributed by atoms with van der Waals surface area (Å²) in [6, 6.07) is 14.3. The molecule has 0 saturated carbocycles. The Kier molecular flexibility index (Phi) is 6.53. The van der Waals surface area contributed by atoms with Gasteiger partial charge in [0, 0.05) is 11.1 Å². The van der Waals surface area contributed by atoms with Crippen molar-refractivity contribution in [2.45, 2.75) is 26.4 Å². The number of rotatable bonds is 7. The summed E-state index contributed by atoms with van der Waals surface area (Å²) < 4.78 is 16.8. The fraction of sp³-hybridized carbons (Fsp3) is 0.417. The molecule has 0 radical (unpaired) electrons. The van der Waals surface area contributed by atoms with Crippen LogP contribution in [0.2, 0.25) is 0 Å². The van der Waals surface area contributed by atoms with Gasteiger partial charge in [-0.2, -0.15) is 0 Å². The van der Waals surface area contributed by atoms with Crippen molar-refractivity contribution in [1.82, 2.24) is 10.2 Å². The molecule has 2 aromatic carbocycles. The number of benzene rings is 2. The molecule has 2 heterocycles. The molecule has 2 N–H and O–H groups in total. The molecule has 0 spiro atoms. The van der Waals surface area contributed by atoms with Crippen LogP contribution in [-0.4, -0.2) is 50.6 Å². The number of nitrogens with one attached hydrogen (secondary N) is 2. The van der Waals surface area contributed by atoms with E-state index in [1.165, 1.54) is 16.0 Å². The number of ether oxygens (including phenoxy) is 2. The highest BCUT2D eigenvalue weighted by Crippen LogP contribution is 2.22. The first-order valence-corrected chi connectivity index (χ1v) is 10.9. The van der Waals surface area contributed by atoms with Gasteiger partial charge in [-0.05, 0) is 50.2 Å². The van der Waals surface area contributed by atoms with Crippen molar-refractivity contribution in [3.8, 4) is 23.0 Å². The molecule has 0 amide bonds. The summed E-state index contributed by atoms with van der Waals surface area (Å²) in [5.74, 6) is 3.05. The van der Waals surface area contributed by atoms with Gasteiger partial charge in [-0.15, -0.1) is 10.2 Å². The van der Waals surface area contributed by atoms with Gasteiger partial charge in [-0.3, -0.25) is 0 Å². The van der Waals surface area contributed by atoms with Crippen LogP contribution < -0.4 is 19.3 Å². The minimum absolute atomic E-state index is 0.176. The van der Waals surface area contributed by atoms with E-state index < -0.39 is 0 Å². The number of hydrogen-bond acceptors (Lipinski definition) is 5. The molecule has 31 heavy (non-hydrogen) atoms. The second kappa shape index (κ2) is 9.49. The van der Waals surface area contributed by atoms with Crippen molar-refractivity contribution in [2.75, 3.05) is 40.4 Å². The largest absolute Gasteiger partial charge is 0.497 e. The van der Waals surface area contributed by atoms with Gasteiger partial charge in [0.25, 0.3) is 5.89 Å². The molecule has 0 unspecified atom stereocenters. The van der Waals surface area contributed by atoms with Crippen molar-refractivity contribution in [3.63, 3.8) is 0 Å². The van der Waals surface area contributed by atoms with E-state index in [4.69, 9.17) is 13.9 Å². The van der Waals surface area contributed by atoms with Gasteiger partial charge in [0.2, 0.25) is 5.89 Å². The van der Waals surface area contributed by atoms with Gasteiger partial charge < -0.3 is 23.7 Å². The van der Waals surface area contributed by atoms with Crippen LogP contribution in [0.4, 0.5) is 0 Å². The predicted octanol–water partition coefficient (Wildman–Crippen LogP) is 1.11. The lowest BCUT2D eigenvalue weighted by Crippen LogP contribution is -3.27. The number of methoxy groups -OCH3 is 2. The molecular weight excluding hydrogens is 392 g/mol. The summed E-state index contributed by atoms with van der Waals surface area (Å²) in [5, 5.41) is 8.60. The summed E-state index contributed by atoms with van der Waals surface area (Å²) in [7, 11) is 3.40. The van der Waals surface area contributed by atoms with Gasteiger partial charge in [-0.25, -0.2) is 0 Å². The summed E-state index contributed by atoms with van der Waals surface area (Å²) in [5.41, 5.74) is 3.47. The third kappa shape index (κ3) is 4.89. The highest BCUT2D eigenvalue weighted by atomic mass is 16.5. The Bertz CT molecular complexity index is 994. The van der Waals surface area contributed by atoms with E-state index in [2.05, 4.69) is 42.2 Å². The van der Waals surface area contributed by atoms with Gasteiger partial charge in [0.05, 0.1) is 14.2 Å². The average molecular weight is 425 g/mol. The van der Waals surface area contributed by atoms with E-state index in [9.17, 15) is 0 Å². The quantitative estimate of drug-likeness (QED) is 0.595. The van der Waals surface area contributed by atoms with E-state index in [-0.39, 0.29) is 6.04 Å². The van der Waals surface area contributed by atoms with E-state index in [0.717, 1.165) is 49.8 Å². The molecule has 0 aliphatic carbocycles. The second-order valence-corrected chi connectivity index (χ2v) is 8.30. The Morgan fingerprint density at radius 3 is 2.39 bits per heavy atom. The minimum Gasteiger partial charge on any atom is -0.497 e. The van der Waals surface area contributed by atoms with Crippen molar-refractivity contribution >= 4 is 0 Å². The van der Waals surface area contributed by atoms with Crippen molar-refractivity contribution in [1.29, 1.82) is 0 Å². The molecule has 1 atom stereocenters. The Hall–Kier alpha value is -2.90. The number of aryl methyl sites for hydroxylation is 1. The zero-order valence-electron chi connectivity index (χ0n) is 18.8. The first-order chi connectivity index (χ1) is 15.1. The lowest BCUT2D eigenvalue weighted by molar-refractivity contribution is -1.03. The van der Waals surface area contributed by atoms with Crippen LogP contribution >= 0.6 is 0 Å². The third-order valence-electron chi connectivity index (χ3n) is 6.24. The SMILES string of the molecule is COc1ccc(-c2nnc([C@H](C)[NH+]3CC[NH+](Cc4cc(C)ccc4OC)CC3)o2)cc1. The van der Waals surface area contributed by atoms with Crippen LogP contribution in [0.1, 0.15) is 30.0 Å². The Labute approximate surface area is 183 Å². The molecule has 4 rings (SSSR count). The van der Waals surface area contributed by atoms with Crippen LogP contribution in [0.25, 0.3) is 11.5 Å². The first kappa shape index (κ1) is 21.3. The minimum atomic E-state index is 0.176. The number of nitrogens with zero attached hydrogens (tertiary/aromatic N) is 2. The zero-order chi connectivity index (χ0) is 21.8. The van der Waals surface area contributed by atoms with Gasteiger partial charge >= 0.3 is 0 Å².